The number of ether oxygens (including phenoxy) is 1. The van der Waals surface area contributed by atoms with Crippen LogP contribution in [0.5, 0.6) is 5.75 Å². The quantitative estimate of drug-likeness (QED) is 0.647. The Morgan fingerprint density at radius 1 is 1.00 bits per heavy atom. The van der Waals surface area contributed by atoms with E-state index in [1.807, 2.05) is 36.4 Å². The molecule has 0 spiro atoms. The molecule has 0 saturated carbocycles. The van der Waals surface area contributed by atoms with Gasteiger partial charge in [0.2, 0.25) is 5.91 Å². The van der Waals surface area contributed by atoms with Gasteiger partial charge in [0.15, 0.2) is 0 Å². The molecule has 9 nitrogen and oxygen atoms in total. The third kappa shape index (κ3) is 4.41. The van der Waals surface area contributed by atoms with Gasteiger partial charge < -0.3 is 20.3 Å². The van der Waals surface area contributed by atoms with E-state index >= 15 is 0 Å². The Morgan fingerprint density at radius 3 is 2.46 bits per heavy atom. The molecule has 2 aromatic carbocycles. The van der Waals surface area contributed by atoms with Crippen LogP contribution in [0.3, 0.4) is 0 Å². The zero-order chi connectivity index (χ0) is 24.5. The van der Waals surface area contributed by atoms with E-state index in [1.165, 1.54) is 0 Å². The van der Waals surface area contributed by atoms with Crippen molar-refractivity contribution in [2.24, 2.45) is 16.6 Å². The predicted molar refractivity (Wildman–Crippen MR) is 133 cm³/mol. The summed E-state index contributed by atoms with van der Waals surface area (Å²) >= 11 is 0. The van der Waals surface area contributed by atoms with Crippen LogP contribution in [-0.2, 0) is 20.8 Å². The molecule has 3 heterocycles. The molecular weight excluding hydrogens is 446 g/mol. The third-order valence-electron chi connectivity index (χ3n) is 6.77. The van der Waals surface area contributed by atoms with E-state index in [2.05, 4.69) is 4.99 Å². The highest BCUT2D eigenvalue weighted by atomic mass is 16.5. The number of anilines is 2. The van der Waals surface area contributed by atoms with Gasteiger partial charge >= 0.3 is 0 Å². The van der Waals surface area contributed by atoms with Gasteiger partial charge in [-0.15, -0.1) is 0 Å². The average molecular weight is 474 g/mol. The number of benzene rings is 2. The number of hydrogen-bond donors (Lipinski definition) is 2. The summed E-state index contributed by atoms with van der Waals surface area (Å²) in [6, 6.07) is 12.8. The van der Waals surface area contributed by atoms with E-state index in [9.17, 15) is 14.4 Å². The first-order chi connectivity index (χ1) is 16.9. The minimum absolute atomic E-state index is 0.111. The Bertz CT molecular complexity index is 1240. The minimum Gasteiger partial charge on any atom is -0.493 e. The van der Waals surface area contributed by atoms with Crippen molar-refractivity contribution in [3.8, 4) is 5.75 Å². The molecule has 3 aliphatic rings. The van der Waals surface area contributed by atoms with Crippen LogP contribution in [0.25, 0.3) is 0 Å². The van der Waals surface area contributed by atoms with Crippen LogP contribution in [-0.4, -0.2) is 48.8 Å². The van der Waals surface area contributed by atoms with Crippen LogP contribution in [0.4, 0.5) is 17.1 Å². The number of nitrogens with two attached hydrogens (primary N) is 1. The first kappa shape index (κ1) is 22.8. The second-order valence-electron chi connectivity index (χ2n) is 8.98. The molecule has 3 N–H and O–H groups in total. The van der Waals surface area contributed by atoms with Crippen molar-refractivity contribution in [3.05, 3.63) is 48.0 Å². The summed E-state index contributed by atoms with van der Waals surface area (Å²) in [5, 5.41) is 8.19. The van der Waals surface area contributed by atoms with Crippen molar-refractivity contribution in [2.75, 3.05) is 29.5 Å². The topological polar surface area (TPSA) is 129 Å². The fraction of sp³-hybridized carbons (Fsp3) is 0.346. The molecule has 35 heavy (non-hydrogen) atoms. The number of amides is 3. The molecule has 3 amide bonds. The molecule has 0 radical (unpaired) electrons. The number of piperidine rings is 2. The number of nitrogens with zero attached hydrogens (tertiary/aromatic N) is 3. The van der Waals surface area contributed by atoms with Crippen molar-refractivity contribution < 1.29 is 19.1 Å². The molecule has 180 valence electrons. The van der Waals surface area contributed by atoms with Crippen molar-refractivity contribution in [2.45, 2.75) is 32.1 Å². The van der Waals surface area contributed by atoms with Crippen LogP contribution in [0.2, 0.25) is 0 Å². The average Bonchev–Trinajstić information content (AvgIpc) is 3.33. The minimum atomic E-state index is -0.859. The van der Waals surface area contributed by atoms with E-state index in [0.29, 0.717) is 43.9 Å². The summed E-state index contributed by atoms with van der Waals surface area (Å²) < 4.78 is 5.55. The zero-order valence-corrected chi connectivity index (χ0v) is 19.3. The Morgan fingerprint density at radius 2 is 1.74 bits per heavy atom. The number of rotatable bonds is 5. The van der Waals surface area contributed by atoms with Gasteiger partial charge in [0.1, 0.15) is 17.2 Å². The maximum Gasteiger partial charge on any atom is 0.273 e. The molecule has 2 fully saturated rings. The molecule has 9 heteroatoms. The monoisotopic (exact) mass is 473 g/mol. The number of carbonyl (C=O) groups is 3. The number of aliphatic imine (C=N–C) groups is 1. The standard InChI is InChI=1S/C26H27N5O4/c27-23(25(28)33)20-10-13-31(19-7-5-18(6-8-19)30-12-2-1-3-22(30)32)26(34)24(20)29-17-4-9-21-16(15-17)11-14-35-21/h4-9,15,20,27H,1-3,10-14H2,(H2,28,33). The van der Waals surface area contributed by atoms with Gasteiger partial charge in [-0.05, 0) is 67.3 Å². The summed E-state index contributed by atoms with van der Waals surface area (Å²) in [5.74, 6) is -1.09. The molecular formula is C26H27N5O4. The van der Waals surface area contributed by atoms with Crippen molar-refractivity contribution in [3.63, 3.8) is 0 Å². The largest absolute Gasteiger partial charge is 0.493 e. The highest BCUT2D eigenvalue weighted by Crippen LogP contribution is 2.32. The lowest BCUT2D eigenvalue weighted by Crippen LogP contribution is -2.50. The van der Waals surface area contributed by atoms with Gasteiger partial charge in [0.05, 0.1) is 18.2 Å². The summed E-state index contributed by atoms with van der Waals surface area (Å²) in [6.07, 6.45) is 3.55. The highest BCUT2D eigenvalue weighted by molar-refractivity contribution is 6.54. The number of nitrogens with one attached hydrogen (secondary N) is 1. The normalized spacial score (nSPS) is 21.1. The van der Waals surface area contributed by atoms with Gasteiger partial charge in [-0.1, -0.05) is 0 Å². The lowest BCUT2D eigenvalue weighted by Gasteiger charge is -2.33. The van der Waals surface area contributed by atoms with Gasteiger partial charge in [0, 0.05) is 37.3 Å². The number of hydrogen-bond acceptors (Lipinski definition) is 6. The number of fused-ring (bicyclic) bond motifs is 1. The Balaban J connectivity index is 1.45. The molecule has 3 aliphatic heterocycles. The molecule has 1 atom stereocenters. The SMILES string of the molecule is N=C(C(N)=O)C1CCN(c2ccc(N3CCCCC3=O)cc2)C(=O)C1=Nc1ccc2c(c1)CCO2. The fourth-order valence-corrected chi connectivity index (χ4v) is 4.88. The second-order valence-corrected chi connectivity index (χ2v) is 8.98. The molecule has 0 aliphatic carbocycles. The lowest BCUT2D eigenvalue weighted by molar-refractivity contribution is -0.119. The number of carbonyl (C=O) groups excluding carboxylic acids is 3. The summed E-state index contributed by atoms with van der Waals surface area (Å²) in [4.78, 5) is 45.6. The summed E-state index contributed by atoms with van der Waals surface area (Å²) in [5.41, 5.74) is 8.25. The van der Waals surface area contributed by atoms with Crippen molar-refractivity contribution >= 4 is 46.2 Å². The van der Waals surface area contributed by atoms with Gasteiger partial charge in [0.25, 0.3) is 11.8 Å². The predicted octanol–water partition coefficient (Wildman–Crippen LogP) is 2.77. The summed E-state index contributed by atoms with van der Waals surface area (Å²) in [6.45, 7) is 1.62. The number of primary amides is 1. The van der Waals surface area contributed by atoms with Crippen molar-refractivity contribution in [1.82, 2.24) is 0 Å². The van der Waals surface area contributed by atoms with Crippen LogP contribution >= 0.6 is 0 Å². The van der Waals surface area contributed by atoms with E-state index in [4.69, 9.17) is 15.9 Å². The van der Waals surface area contributed by atoms with Crippen LogP contribution in [0, 0.1) is 11.3 Å². The smallest absolute Gasteiger partial charge is 0.273 e. The maximum absolute atomic E-state index is 13.6. The lowest BCUT2D eigenvalue weighted by atomic mass is 9.88. The van der Waals surface area contributed by atoms with E-state index in [1.54, 1.807) is 15.9 Å². The molecule has 2 saturated heterocycles. The molecule has 1 unspecified atom stereocenters. The Kier molecular flexibility index (Phi) is 6.07. The zero-order valence-electron chi connectivity index (χ0n) is 19.3. The fourth-order valence-electron chi connectivity index (χ4n) is 4.88. The van der Waals surface area contributed by atoms with E-state index < -0.39 is 11.8 Å². The van der Waals surface area contributed by atoms with E-state index in [-0.39, 0.29) is 23.2 Å². The second kappa shape index (κ2) is 9.32. The van der Waals surface area contributed by atoms with E-state index in [0.717, 1.165) is 36.3 Å². The highest BCUT2D eigenvalue weighted by Gasteiger charge is 2.37. The molecule has 0 aromatic heterocycles. The van der Waals surface area contributed by atoms with Crippen LogP contribution in [0.1, 0.15) is 31.2 Å². The van der Waals surface area contributed by atoms with Crippen LogP contribution < -0.4 is 20.3 Å². The summed E-state index contributed by atoms with van der Waals surface area (Å²) in [7, 11) is 0. The van der Waals surface area contributed by atoms with Crippen LogP contribution in [0.15, 0.2) is 47.5 Å². The molecule has 5 rings (SSSR count). The molecule has 0 bridgehead atoms. The van der Waals surface area contributed by atoms with Gasteiger partial charge in [-0.2, -0.15) is 0 Å². The first-order valence-corrected chi connectivity index (χ1v) is 11.9. The van der Waals surface area contributed by atoms with Gasteiger partial charge in [-0.3, -0.25) is 19.8 Å². The first-order valence-electron chi connectivity index (χ1n) is 11.9. The third-order valence-corrected chi connectivity index (χ3v) is 6.77. The Hall–Kier alpha value is -4.01. The van der Waals surface area contributed by atoms with Crippen molar-refractivity contribution in [1.29, 1.82) is 5.41 Å². The molecule has 2 aromatic rings. The maximum atomic E-state index is 13.6. The Labute approximate surface area is 203 Å². The van der Waals surface area contributed by atoms with Gasteiger partial charge in [-0.25, -0.2) is 4.99 Å².